The van der Waals surface area contributed by atoms with Crippen molar-refractivity contribution in [1.82, 2.24) is 4.90 Å². The van der Waals surface area contributed by atoms with Crippen molar-refractivity contribution in [3.63, 3.8) is 0 Å². The number of amides is 1. The smallest absolute Gasteiger partial charge is 0.335 e. The lowest BCUT2D eigenvalue weighted by molar-refractivity contribution is 0.0690. The zero-order valence-corrected chi connectivity index (χ0v) is 13.7. The molecule has 1 heterocycles. The van der Waals surface area contributed by atoms with Gasteiger partial charge in [-0.1, -0.05) is 19.3 Å². The molecular weight excluding hydrogens is 317 g/mol. The van der Waals surface area contributed by atoms with Crippen LogP contribution in [0.25, 0.3) is 0 Å². The predicted molar refractivity (Wildman–Crippen MR) is 87.5 cm³/mol. The monoisotopic (exact) mass is 337 g/mol. The summed E-state index contributed by atoms with van der Waals surface area (Å²) in [6, 6.07) is 3.49. The van der Waals surface area contributed by atoms with Crippen LogP contribution in [-0.4, -0.2) is 45.5 Å². The molecule has 0 unspecified atom stereocenters. The molecule has 1 N–H and O–H groups in total. The van der Waals surface area contributed by atoms with Crippen molar-refractivity contribution < 1.29 is 19.1 Å². The summed E-state index contributed by atoms with van der Waals surface area (Å²) in [6.07, 6.45) is 5.86. The van der Waals surface area contributed by atoms with E-state index in [9.17, 15) is 14.0 Å². The van der Waals surface area contributed by atoms with E-state index in [1.54, 1.807) is 4.90 Å². The van der Waals surface area contributed by atoms with Crippen molar-refractivity contribution in [2.24, 2.45) is 0 Å². The van der Waals surface area contributed by atoms with Crippen LogP contribution in [0.3, 0.4) is 0 Å². The molecule has 6 heteroatoms. The molecule has 1 saturated carbocycles. The second-order valence-corrected chi connectivity index (χ2v) is 7.88. The van der Waals surface area contributed by atoms with Crippen LogP contribution in [0.2, 0.25) is 0 Å². The van der Waals surface area contributed by atoms with Gasteiger partial charge in [0.25, 0.3) is 5.91 Å². The highest BCUT2D eigenvalue weighted by Gasteiger charge is 2.39. The molecule has 1 aromatic rings. The Labute approximate surface area is 139 Å². The molecule has 0 bridgehead atoms. The number of carbonyl (C=O) groups excluding carboxylic acids is 1. The number of rotatable bonds is 2. The summed E-state index contributed by atoms with van der Waals surface area (Å²) in [4.78, 5) is 25.3. The molecule has 1 aromatic carbocycles. The lowest BCUT2D eigenvalue weighted by Crippen LogP contribution is -2.50. The quantitative estimate of drug-likeness (QED) is 0.898. The van der Waals surface area contributed by atoms with Crippen LogP contribution in [0.1, 0.15) is 52.8 Å². The Kier molecular flexibility index (Phi) is 4.62. The summed E-state index contributed by atoms with van der Waals surface area (Å²) in [5, 5.41) is 8.89. The van der Waals surface area contributed by atoms with Crippen molar-refractivity contribution in [1.29, 1.82) is 0 Å². The molecule has 3 rings (SSSR count). The van der Waals surface area contributed by atoms with Crippen LogP contribution in [-0.2, 0) is 0 Å². The fourth-order valence-corrected chi connectivity index (χ4v) is 5.08. The summed E-state index contributed by atoms with van der Waals surface area (Å²) in [7, 11) is 0. The van der Waals surface area contributed by atoms with Crippen LogP contribution in [0, 0.1) is 5.82 Å². The highest BCUT2D eigenvalue weighted by molar-refractivity contribution is 8.00. The number of aromatic carboxylic acids is 1. The molecule has 0 atom stereocenters. The van der Waals surface area contributed by atoms with Gasteiger partial charge in [-0.25, -0.2) is 9.18 Å². The molecular formula is C17H20FNO3S. The molecule has 0 aromatic heterocycles. The average Bonchev–Trinajstić information content (AvgIpc) is 2.55. The van der Waals surface area contributed by atoms with Gasteiger partial charge in [0.15, 0.2) is 0 Å². The van der Waals surface area contributed by atoms with Crippen LogP contribution < -0.4 is 0 Å². The minimum absolute atomic E-state index is 0.0344. The van der Waals surface area contributed by atoms with E-state index in [-0.39, 0.29) is 21.8 Å². The van der Waals surface area contributed by atoms with Gasteiger partial charge < -0.3 is 10.0 Å². The van der Waals surface area contributed by atoms with E-state index < -0.39 is 11.8 Å². The lowest BCUT2D eigenvalue weighted by Gasteiger charge is -2.44. The molecule has 2 aliphatic rings. The van der Waals surface area contributed by atoms with Gasteiger partial charge in [-0.05, 0) is 31.0 Å². The summed E-state index contributed by atoms with van der Waals surface area (Å²) < 4.78 is 14.3. The minimum atomic E-state index is -1.20. The van der Waals surface area contributed by atoms with E-state index in [0.717, 1.165) is 24.7 Å². The van der Waals surface area contributed by atoms with E-state index in [2.05, 4.69) is 0 Å². The van der Waals surface area contributed by atoms with Crippen LogP contribution in [0.15, 0.2) is 18.2 Å². The Morgan fingerprint density at radius 2 is 1.96 bits per heavy atom. The van der Waals surface area contributed by atoms with Gasteiger partial charge in [-0.15, -0.1) is 0 Å². The zero-order chi connectivity index (χ0) is 16.4. The maximum absolute atomic E-state index is 14.1. The van der Waals surface area contributed by atoms with Gasteiger partial charge in [0.1, 0.15) is 5.82 Å². The van der Waals surface area contributed by atoms with E-state index in [1.807, 2.05) is 11.8 Å². The van der Waals surface area contributed by atoms with Gasteiger partial charge in [0, 0.05) is 23.6 Å². The Hall–Kier alpha value is -1.56. The summed E-state index contributed by atoms with van der Waals surface area (Å²) in [5.74, 6) is -1.41. The molecule has 1 aliphatic carbocycles. The average molecular weight is 337 g/mol. The summed E-state index contributed by atoms with van der Waals surface area (Å²) in [6.45, 7) is 1.28. The largest absolute Gasteiger partial charge is 0.478 e. The third-order valence-corrected chi connectivity index (χ3v) is 6.28. The van der Waals surface area contributed by atoms with E-state index >= 15 is 0 Å². The number of hydrogen-bond acceptors (Lipinski definition) is 3. The number of carboxylic acids is 1. The van der Waals surface area contributed by atoms with Crippen LogP contribution in [0.5, 0.6) is 0 Å². The minimum Gasteiger partial charge on any atom is -0.478 e. The molecule has 1 spiro atoms. The first-order valence-electron chi connectivity index (χ1n) is 7.97. The first kappa shape index (κ1) is 16.3. The first-order chi connectivity index (χ1) is 11.0. The number of carbonyl (C=O) groups is 2. The zero-order valence-electron chi connectivity index (χ0n) is 12.9. The Morgan fingerprint density at radius 1 is 1.22 bits per heavy atom. The fraction of sp³-hybridized carbons (Fsp3) is 0.529. The van der Waals surface area contributed by atoms with Gasteiger partial charge in [-0.3, -0.25) is 4.79 Å². The van der Waals surface area contributed by atoms with Gasteiger partial charge in [0.2, 0.25) is 0 Å². The summed E-state index contributed by atoms with van der Waals surface area (Å²) in [5.41, 5.74) is -0.176. The Morgan fingerprint density at radius 3 is 2.61 bits per heavy atom. The topological polar surface area (TPSA) is 57.6 Å². The van der Waals surface area contributed by atoms with E-state index in [4.69, 9.17) is 5.11 Å². The highest BCUT2D eigenvalue weighted by Crippen LogP contribution is 2.43. The molecule has 1 saturated heterocycles. The van der Waals surface area contributed by atoms with Crippen molar-refractivity contribution >= 4 is 23.6 Å². The second kappa shape index (κ2) is 6.51. The highest BCUT2D eigenvalue weighted by atomic mass is 32.2. The number of hydrogen-bond donors (Lipinski definition) is 1. The molecule has 1 aliphatic heterocycles. The van der Waals surface area contributed by atoms with Crippen molar-refractivity contribution in [2.45, 2.75) is 36.9 Å². The Balaban J connectivity index is 1.78. The van der Waals surface area contributed by atoms with Crippen LogP contribution >= 0.6 is 11.8 Å². The maximum atomic E-state index is 14.1. The third-order valence-electron chi connectivity index (χ3n) is 4.75. The molecule has 4 nitrogen and oxygen atoms in total. The van der Waals surface area contributed by atoms with Crippen LogP contribution in [0.4, 0.5) is 4.39 Å². The van der Waals surface area contributed by atoms with Crippen molar-refractivity contribution in [2.75, 3.05) is 18.8 Å². The van der Waals surface area contributed by atoms with E-state index in [1.165, 1.54) is 31.4 Å². The first-order valence-corrected chi connectivity index (χ1v) is 8.95. The lowest BCUT2D eigenvalue weighted by atomic mass is 9.87. The number of carboxylic acid groups (broad SMARTS) is 1. The molecule has 2 fully saturated rings. The predicted octanol–water partition coefficient (Wildman–Crippen LogP) is 3.42. The molecule has 1 amide bonds. The van der Waals surface area contributed by atoms with Gasteiger partial charge in [-0.2, -0.15) is 11.8 Å². The summed E-state index contributed by atoms with van der Waals surface area (Å²) >= 11 is 1.95. The van der Waals surface area contributed by atoms with Crippen molar-refractivity contribution in [3.8, 4) is 0 Å². The molecule has 23 heavy (non-hydrogen) atoms. The molecule has 124 valence electrons. The van der Waals surface area contributed by atoms with Gasteiger partial charge in [0.05, 0.1) is 11.1 Å². The fourth-order valence-electron chi connectivity index (χ4n) is 3.51. The van der Waals surface area contributed by atoms with Gasteiger partial charge >= 0.3 is 5.97 Å². The Bertz CT molecular complexity index is 623. The molecule has 0 radical (unpaired) electrons. The van der Waals surface area contributed by atoms with E-state index in [0.29, 0.717) is 13.1 Å². The third kappa shape index (κ3) is 3.37. The number of benzene rings is 1. The number of nitrogens with zero attached hydrogens (tertiary/aromatic N) is 1. The number of thioether (sulfide) groups is 1. The van der Waals surface area contributed by atoms with Crippen molar-refractivity contribution in [3.05, 3.63) is 35.1 Å². The SMILES string of the molecule is O=C(O)c1ccc(C(=O)N2CCSC3(CCCCC3)C2)c(F)c1. The second-order valence-electron chi connectivity index (χ2n) is 6.32. The normalized spacial score (nSPS) is 20.5. The maximum Gasteiger partial charge on any atom is 0.335 e. The standard InChI is InChI=1S/C17H20FNO3S/c18-14-10-12(16(21)22)4-5-13(14)15(20)19-8-9-23-17(11-19)6-2-1-3-7-17/h4-5,10H,1-3,6-9,11H2,(H,21,22). The number of halogens is 1.